The third-order valence-corrected chi connectivity index (χ3v) is 4.14. The van der Waals surface area contributed by atoms with Gasteiger partial charge in [-0.25, -0.2) is 0 Å². The van der Waals surface area contributed by atoms with Crippen LogP contribution < -0.4 is 5.32 Å². The van der Waals surface area contributed by atoms with Crippen LogP contribution in [0.25, 0.3) is 0 Å². The summed E-state index contributed by atoms with van der Waals surface area (Å²) in [6, 6.07) is -0.780. The van der Waals surface area contributed by atoms with Crippen molar-refractivity contribution in [2.24, 2.45) is 0 Å². The molecule has 1 aliphatic heterocycles. The summed E-state index contributed by atoms with van der Waals surface area (Å²) in [7, 11) is 0. The molecule has 1 N–H and O–H groups in total. The molecule has 0 aliphatic carbocycles. The van der Waals surface area contributed by atoms with Gasteiger partial charge in [0.1, 0.15) is 18.8 Å². The molecule has 0 aromatic carbocycles. The van der Waals surface area contributed by atoms with E-state index in [0.29, 0.717) is 6.54 Å². The van der Waals surface area contributed by atoms with Crippen LogP contribution in [0.2, 0.25) is 0 Å². The lowest BCUT2D eigenvalue weighted by Gasteiger charge is -2.44. The van der Waals surface area contributed by atoms with Crippen molar-refractivity contribution in [1.29, 1.82) is 0 Å². The van der Waals surface area contributed by atoms with E-state index in [2.05, 4.69) is 12.2 Å². The van der Waals surface area contributed by atoms with Gasteiger partial charge in [0.25, 0.3) is 0 Å². The van der Waals surface area contributed by atoms with Crippen LogP contribution in [-0.2, 0) is 42.9 Å². The Morgan fingerprint density at radius 1 is 0.828 bits per heavy atom. The summed E-state index contributed by atoms with van der Waals surface area (Å²) >= 11 is 0. The van der Waals surface area contributed by atoms with Gasteiger partial charge in [-0.2, -0.15) is 0 Å². The molecule has 0 aromatic heterocycles. The first-order valence-corrected chi connectivity index (χ1v) is 9.69. The van der Waals surface area contributed by atoms with E-state index >= 15 is 0 Å². The fraction of sp³-hybridized carbons (Fsp3) is 0.789. The molecule has 1 heterocycles. The molecule has 0 amide bonds. The van der Waals surface area contributed by atoms with Gasteiger partial charge in [0.15, 0.2) is 12.2 Å². The maximum Gasteiger partial charge on any atom is 0.304 e. The molecule has 10 nitrogen and oxygen atoms in total. The summed E-state index contributed by atoms with van der Waals surface area (Å²) in [6.45, 7) is 7.19. The number of carbonyl (C=O) groups excluding carboxylic acids is 4. The molecule has 1 saturated heterocycles. The molecule has 0 aromatic rings. The van der Waals surface area contributed by atoms with Crippen LogP contribution in [0, 0.1) is 0 Å². The van der Waals surface area contributed by atoms with Gasteiger partial charge in [0, 0.05) is 27.7 Å². The first-order valence-electron chi connectivity index (χ1n) is 9.69. The number of esters is 4. The summed E-state index contributed by atoms with van der Waals surface area (Å²) in [4.78, 5) is 46.2. The summed E-state index contributed by atoms with van der Waals surface area (Å²) in [5.41, 5.74) is 0. The Labute approximate surface area is 170 Å². The van der Waals surface area contributed by atoms with E-state index in [-0.39, 0.29) is 6.61 Å². The SMILES string of the molecule is CCCCCN[C@H]1C(OC(C)=O)O[C@H](COC(C)=O)[C@@H](OC(C)=O)[C@@H]1OC(C)=O. The Bertz CT molecular complexity index is 580. The topological polar surface area (TPSA) is 126 Å². The number of carbonyl (C=O) groups is 4. The summed E-state index contributed by atoms with van der Waals surface area (Å²) in [5.74, 6) is -2.40. The van der Waals surface area contributed by atoms with E-state index in [9.17, 15) is 19.2 Å². The fourth-order valence-corrected chi connectivity index (χ4v) is 3.03. The fourth-order valence-electron chi connectivity index (χ4n) is 3.03. The smallest absolute Gasteiger partial charge is 0.304 e. The van der Waals surface area contributed by atoms with Crippen LogP contribution in [0.15, 0.2) is 0 Å². The first-order chi connectivity index (χ1) is 13.6. The van der Waals surface area contributed by atoms with Crippen molar-refractivity contribution in [3.05, 3.63) is 0 Å². The Balaban J connectivity index is 3.18. The molecule has 10 heteroatoms. The van der Waals surface area contributed by atoms with Gasteiger partial charge < -0.3 is 29.0 Å². The highest BCUT2D eigenvalue weighted by molar-refractivity contribution is 5.68. The first kappa shape index (κ1) is 24.8. The summed E-state index contributed by atoms with van der Waals surface area (Å²) in [5, 5.41) is 3.18. The van der Waals surface area contributed by atoms with E-state index in [1.807, 2.05) is 0 Å². The van der Waals surface area contributed by atoms with Crippen LogP contribution in [0.5, 0.6) is 0 Å². The normalized spacial score (nSPS) is 26.3. The molecule has 29 heavy (non-hydrogen) atoms. The van der Waals surface area contributed by atoms with Gasteiger partial charge in [-0.3, -0.25) is 19.2 Å². The van der Waals surface area contributed by atoms with Crippen molar-refractivity contribution < 1.29 is 42.9 Å². The number of unbranched alkanes of at least 4 members (excludes halogenated alkanes) is 2. The van der Waals surface area contributed by atoms with Crippen molar-refractivity contribution in [3.8, 4) is 0 Å². The zero-order valence-corrected chi connectivity index (χ0v) is 17.6. The van der Waals surface area contributed by atoms with Gasteiger partial charge in [0.05, 0.1) is 0 Å². The predicted octanol–water partition coefficient (Wildman–Crippen LogP) is 0.849. The molecule has 5 atom stereocenters. The van der Waals surface area contributed by atoms with Gasteiger partial charge in [0.2, 0.25) is 6.29 Å². The molecule has 1 aliphatic rings. The van der Waals surface area contributed by atoms with Crippen LogP contribution in [-0.4, -0.2) is 67.7 Å². The largest absolute Gasteiger partial charge is 0.463 e. The van der Waals surface area contributed by atoms with Crippen LogP contribution >= 0.6 is 0 Å². The molecule has 0 radical (unpaired) electrons. The minimum atomic E-state index is -1.13. The second-order valence-electron chi connectivity index (χ2n) is 6.79. The maximum absolute atomic E-state index is 11.7. The number of rotatable bonds is 10. The van der Waals surface area contributed by atoms with Crippen molar-refractivity contribution in [2.45, 2.75) is 84.5 Å². The molecule has 1 fully saturated rings. The minimum absolute atomic E-state index is 0.272. The molecule has 0 spiro atoms. The average molecular weight is 417 g/mol. The molecule has 166 valence electrons. The Hall–Kier alpha value is -2.20. The minimum Gasteiger partial charge on any atom is -0.463 e. The Morgan fingerprint density at radius 3 is 1.93 bits per heavy atom. The predicted molar refractivity (Wildman–Crippen MR) is 99.5 cm³/mol. The van der Waals surface area contributed by atoms with Crippen LogP contribution in [0.4, 0.5) is 0 Å². The van der Waals surface area contributed by atoms with Crippen LogP contribution in [0.3, 0.4) is 0 Å². The van der Waals surface area contributed by atoms with Crippen molar-refractivity contribution >= 4 is 23.9 Å². The molecule has 1 rings (SSSR count). The molecule has 0 bridgehead atoms. The number of ether oxygens (including phenoxy) is 5. The van der Waals surface area contributed by atoms with E-state index in [4.69, 9.17) is 23.7 Å². The molecule has 0 saturated carbocycles. The Morgan fingerprint density at radius 2 is 1.41 bits per heavy atom. The van der Waals surface area contributed by atoms with Crippen molar-refractivity contribution in [3.63, 3.8) is 0 Å². The lowest BCUT2D eigenvalue weighted by atomic mass is 9.96. The highest BCUT2D eigenvalue weighted by Gasteiger charge is 2.51. The summed E-state index contributed by atoms with van der Waals surface area (Å²) in [6.07, 6.45) is -1.40. The van der Waals surface area contributed by atoms with Crippen molar-refractivity contribution in [1.82, 2.24) is 5.32 Å². The Kier molecular flexibility index (Phi) is 10.6. The standard InChI is InChI=1S/C19H31NO9/c1-6-7-8-9-20-16-18(27-13(4)23)17(26-12(3)22)15(10-25-11(2)21)29-19(16)28-14(5)24/h15-20H,6-10H2,1-5H3/t15-,16-,17-,18-,19?/m1/s1. The zero-order chi connectivity index (χ0) is 22.0. The van der Waals surface area contributed by atoms with Gasteiger partial charge >= 0.3 is 23.9 Å². The lowest BCUT2D eigenvalue weighted by molar-refractivity contribution is -0.271. The zero-order valence-electron chi connectivity index (χ0n) is 17.6. The highest BCUT2D eigenvalue weighted by Crippen LogP contribution is 2.28. The number of nitrogens with one attached hydrogen (secondary N) is 1. The molecule has 1 unspecified atom stereocenters. The monoisotopic (exact) mass is 417 g/mol. The number of hydrogen-bond acceptors (Lipinski definition) is 10. The van der Waals surface area contributed by atoms with E-state index in [1.165, 1.54) is 27.7 Å². The average Bonchev–Trinajstić information content (AvgIpc) is 2.59. The van der Waals surface area contributed by atoms with Gasteiger partial charge in [-0.1, -0.05) is 19.8 Å². The van der Waals surface area contributed by atoms with E-state index < -0.39 is 54.5 Å². The number of hydrogen-bond donors (Lipinski definition) is 1. The molecular weight excluding hydrogens is 386 g/mol. The molecular formula is C19H31NO9. The lowest BCUT2D eigenvalue weighted by Crippen LogP contribution is -2.66. The van der Waals surface area contributed by atoms with Gasteiger partial charge in [-0.15, -0.1) is 0 Å². The third-order valence-electron chi connectivity index (χ3n) is 4.14. The highest BCUT2D eigenvalue weighted by atomic mass is 16.7. The van der Waals surface area contributed by atoms with Crippen LogP contribution in [0.1, 0.15) is 53.9 Å². The quantitative estimate of drug-likeness (QED) is 0.310. The van der Waals surface area contributed by atoms with Gasteiger partial charge in [-0.05, 0) is 13.0 Å². The second kappa shape index (κ2) is 12.4. The van der Waals surface area contributed by atoms with Crippen molar-refractivity contribution in [2.75, 3.05) is 13.2 Å². The maximum atomic E-state index is 11.7. The second-order valence-corrected chi connectivity index (χ2v) is 6.79. The van der Waals surface area contributed by atoms with E-state index in [0.717, 1.165) is 19.3 Å². The van der Waals surface area contributed by atoms with E-state index in [1.54, 1.807) is 0 Å². The third kappa shape index (κ3) is 8.78. The summed E-state index contributed by atoms with van der Waals surface area (Å²) < 4.78 is 26.8.